The Morgan fingerprint density at radius 2 is 1.74 bits per heavy atom. The number of hydrogen-bond acceptors (Lipinski definition) is 6. The zero-order chi connectivity index (χ0) is 22.6. The van der Waals surface area contributed by atoms with Crippen molar-refractivity contribution >= 4 is 56.4 Å². The first-order chi connectivity index (χ1) is 14.6. The molecule has 0 fully saturated rings. The molecule has 1 aliphatic rings. The van der Waals surface area contributed by atoms with Gasteiger partial charge < -0.3 is 16.0 Å². The molecule has 0 spiro atoms. The number of fused-ring (bicyclic) bond motifs is 1. The van der Waals surface area contributed by atoms with Gasteiger partial charge in [0.2, 0.25) is 17.7 Å². The van der Waals surface area contributed by atoms with E-state index < -0.39 is 15.7 Å². The molecule has 0 aromatic heterocycles. The number of hydrogen-bond donors (Lipinski definition) is 3. The Labute approximate surface area is 185 Å². The van der Waals surface area contributed by atoms with Gasteiger partial charge in [-0.15, -0.1) is 11.8 Å². The summed E-state index contributed by atoms with van der Waals surface area (Å²) in [6, 6.07) is 11.1. The molecule has 3 rings (SSSR count). The first kappa shape index (κ1) is 22.8. The first-order valence-electron chi connectivity index (χ1n) is 9.63. The summed E-state index contributed by atoms with van der Waals surface area (Å²) in [5.41, 5.74) is 1.57. The molecule has 1 atom stereocenters. The third kappa shape index (κ3) is 6.31. The lowest BCUT2D eigenvalue weighted by atomic mass is 10.2. The number of sulfone groups is 1. The average molecular weight is 462 g/mol. The van der Waals surface area contributed by atoms with Crippen LogP contribution >= 0.6 is 11.8 Å². The maximum Gasteiger partial charge on any atom is 0.225 e. The molecule has 31 heavy (non-hydrogen) atoms. The van der Waals surface area contributed by atoms with Crippen molar-refractivity contribution in [2.24, 2.45) is 0 Å². The second-order valence-corrected chi connectivity index (χ2v) is 10.8. The highest BCUT2D eigenvalue weighted by atomic mass is 32.2. The Kier molecular flexibility index (Phi) is 7.01. The van der Waals surface area contributed by atoms with Crippen molar-refractivity contribution in [3.05, 3.63) is 42.5 Å². The number of anilines is 3. The Morgan fingerprint density at radius 3 is 2.39 bits per heavy atom. The van der Waals surface area contributed by atoms with Gasteiger partial charge in [0.15, 0.2) is 9.84 Å². The summed E-state index contributed by atoms with van der Waals surface area (Å²) < 4.78 is 25.4. The van der Waals surface area contributed by atoms with Gasteiger partial charge in [-0.3, -0.25) is 14.4 Å². The van der Waals surface area contributed by atoms with Crippen LogP contribution in [0.25, 0.3) is 0 Å². The fourth-order valence-corrected chi connectivity index (χ4v) is 5.35. The van der Waals surface area contributed by atoms with Gasteiger partial charge in [0.25, 0.3) is 0 Å². The molecule has 3 N–H and O–H groups in total. The third-order valence-corrected chi connectivity index (χ3v) is 7.36. The standard InChI is InChI=1S/C21H23N3O5S2/c1-13-11-21(27)24-18-12-17(7-8-19(18)30-13)31(28,29)10-9-20(26)23-16-5-3-15(4-6-16)22-14(2)25/h3-8,12-13H,9-11H2,1-2H3,(H,22,25)(H,23,26)(H,24,27)/t13-/m0/s1. The molecule has 8 nitrogen and oxygen atoms in total. The van der Waals surface area contributed by atoms with E-state index in [0.717, 1.165) is 4.90 Å². The van der Waals surface area contributed by atoms with E-state index in [9.17, 15) is 22.8 Å². The first-order valence-corrected chi connectivity index (χ1v) is 12.2. The Bertz CT molecular complexity index is 1110. The van der Waals surface area contributed by atoms with Gasteiger partial charge in [0.05, 0.1) is 16.3 Å². The Balaban J connectivity index is 1.62. The van der Waals surface area contributed by atoms with Gasteiger partial charge in [-0.1, -0.05) is 6.92 Å². The summed E-state index contributed by atoms with van der Waals surface area (Å²) in [6.07, 6.45) is 0.137. The molecule has 2 aromatic carbocycles. The van der Waals surface area contributed by atoms with E-state index in [0.29, 0.717) is 23.5 Å². The highest BCUT2D eigenvalue weighted by Gasteiger charge is 2.23. The molecule has 0 saturated heterocycles. The molecule has 0 aliphatic carbocycles. The van der Waals surface area contributed by atoms with Crippen LogP contribution in [0.1, 0.15) is 26.7 Å². The van der Waals surface area contributed by atoms with E-state index in [1.165, 1.54) is 30.8 Å². The van der Waals surface area contributed by atoms with E-state index in [-0.39, 0.29) is 34.1 Å². The quantitative estimate of drug-likeness (QED) is 0.607. The van der Waals surface area contributed by atoms with Gasteiger partial charge in [0.1, 0.15) is 0 Å². The van der Waals surface area contributed by atoms with Crippen LogP contribution in [-0.2, 0) is 24.2 Å². The van der Waals surface area contributed by atoms with E-state index in [4.69, 9.17) is 0 Å². The maximum absolute atomic E-state index is 12.7. The Hall–Kier alpha value is -2.85. The van der Waals surface area contributed by atoms with Crippen molar-refractivity contribution in [2.75, 3.05) is 21.7 Å². The van der Waals surface area contributed by atoms with E-state index in [2.05, 4.69) is 16.0 Å². The lowest BCUT2D eigenvalue weighted by molar-refractivity contribution is -0.116. The summed E-state index contributed by atoms with van der Waals surface area (Å²) in [6.45, 7) is 3.34. The van der Waals surface area contributed by atoms with Crippen molar-refractivity contribution in [1.29, 1.82) is 0 Å². The number of nitrogens with one attached hydrogen (secondary N) is 3. The number of carbonyl (C=O) groups excluding carboxylic acids is 3. The van der Waals surface area contributed by atoms with Gasteiger partial charge in [-0.05, 0) is 42.5 Å². The fourth-order valence-electron chi connectivity index (χ4n) is 3.03. The summed E-state index contributed by atoms with van der Waals surface area (Å²) in [5.74, 6) is -1.16. The predicted molar refractivity (Wildman–Crippen MR) is 121 cm³/mol. The van der Waals surface area contributed by atoms with E-state index in [1.54, 1.807) is 30.3 Å². The molecule has 3 amide bonds. The van der Waals surface area contributed by atoms with Crippen LogP contribution in [0.2, 0.25) is 0 Å². The highest BCUT2D eigenvalue weighted by molar-refractivity contribution is 8.00. The third-order valence-electron chi connectivity index (χ3n) is 4.47. The minimum Gasteiger partial charge on any atom is -0.326 e. The minimum absolute atomic E-state index is 0.0640. The topological polar surface area (TPSA) is 121 Å². The second-order valence-electron chi connectivity index (χ2n) is 7.21. The molecule has 2 aromatic rings. The normalized spacial score (nSPS) is 15.9. The fraction of sp³-hybridized carbons (Fsp3) is 0.286. The van der Waals surface area contributed by atoms with Crippen LogP contribution in [-0.4, -0.2) is 37.1 Å². The van der Waals surface area contributed by atoms with E-state index in [1.807, 2.05) is 6.92 Å². The summed E-state index contributed by atoms with van der Waals surface area (Å²) in [5, 5.41) is 8.11. The monoisotopic (exact) mass is 461 g/mol. The lowest BCUT2D eigenvalue weighted by Gasteiger charge is -2.11. The van der Waals surface area contributed by atoms with Crippen LogP contribution in [0, 0.1) is 0 Å². The molecule has 0 saturated carbocycles. The molecule has 10 heteroatoms. The summed E-state index contributed by atoms with van der Waals surface area (Å²) >= 11 is 1.51. The maximum atomic E-state index is 12.7. The lowest BCUT2D eigenvalue weighted by Crippen LogP contribution is -2.18. The zero-order valence-corrected chi connectivity index (χ0v) is 18.7. The van der Waals surface area contributed by atoms with Crippen LogP contribution < -0.4 is 16.0 Å². The van der Waals surface area contributed by atoms with Crippen LogP contribution in [0.5, 0.6) is 0 Å². The number of benzene rings is 2. The van der Waals surface area contributed by atoms with Crippen molar-refractivity contribution in [1.82, 2.24) is 0 Å². The molecule has 1 heterocycles. The second kappa shape index (κ2) is 9.52. The van der Waals surface area contributed by atoms with Gasteiger partial charge >= 0.3 is 0 Å². The van der Waals surface area contributed by atoms with Gasteiger partial charge in [0, 0.05) is 41.3 Å². The SMILES string of the molecule is CC(=O)Nc1ccc(NC(=O)CCS(=O)(=O)c2ccc3c(c2)NC(=O)C[C@H](C)S3)cc1. The number of amides is 3. The molecule has 1 aliphatic heterocycles. The molecule has 0 radical (unpaired) electrons. The average Bonchev–Trinajstić information content (AvgIpc) is 2.83. The van der Waals surface area contributed by atoms with Crippen molar-refractivity contribution in [3.8, 4) is 0 Å². The molecule has 164 valence electrons. The Morgan fingerprint density at radius 1 is 1.10 bits per heavy atom. The predicted octanol–water partition coefficient (Wildman–Crippen LogP) is 3.27. The van der Waals surface area contributed by atoms with Crippen LogP contribution in [0.3, 0.4) is 0 Å². The highest BCUT2D eigenvalue weighted by Crippen LogP contribution is 2.36. The van der Waals surface area contributed by atoms with Gasteiger partial charge in [-0.25, -0.2) is 8.42 Å². The van der Waals surface area contributed by atoms with Crippen molar-refractivity contribution in [3.63, 3.8) is 0 Å². The van der Waals surface area contributed by atoms with Crippen molar-refractivity contribution < 1.29 is 22.8 Å². The molecule has 0 unspecified atom stereocenters. The smallest absolute Gasteiger partial charge is 0.225 e. The van der Waals surface area contributed by atoms with Crippen LogP contribution in [0.15, 0.2) is 52.3 Å². The largest absolute Gasteiger partial charge is 0.326 e. The summed E-state index contributed by atoms with van der Waals surface area (Å²) in [4.78, 5) is 36.1. The number of carbonyl (C=O) groups is 3. The molecule has 0 bridgehead atoms. The minimum atomic E-state index is -3.71. The number of rotatable bonds is 6. The van der Waals surface area contributed by atoms with E-state index >= 15 is 0 Å². The van der Waals surface area contributed by atoms with Crippen molar-refractivity contribution in [2.45, 2.75) is 41.7 Å². The van der Waals surface area contributed by atoms with Gasteiger partial charge in [-0.2, -0.15) is 0 Å². The summed E-state index contributed by atoms with van der Waals surface area (Å²) in [7, 11) is -3.71. The zero-order valence-electron chi connectivity index (χ0n) is 17.1. The molecular weight excluding hydrogens is 438 g/mol. The molecular formula is C21H23N3O5S2. The van der Waals surface area contributed by atoms with Crippen LogP contribution in [0.4, 0.5) is 17.1 Å². The number of thioether (sulfide) groups is 1.